The lowest BCUT2D eigenvalue weighted by Gasteiger charge is -2.36. The van der Waals surface area contributed by atoms with Gasteiger partial charge in [0.05, 0.1) is 22.5 Å². The Morgan fingerprint density at radius 1 is 1.16 bits per heavy atom. The molecule has 1 aromatic carbocycles. The third kappa shape index (κ3) is 2.22. The molecule has 1 aromatic heterocycles. The number of pyridine rings is 1. The summed E-state index contributed by atoms with van der Waals surface area (Å²) < 4.78 is 13.8. The summed E-state index contributed by atoms with van der Waals surface area (Å²) in [5.74, 6) is -4.03. The van der Waals surface area contributed by atoms with Gasteiger partial charge < -0.3 is 5.32 Å². The number of fused-ring (bicyclic) bond motifs is 7. The number of hydrogen-bond acceptors (Lipinski definition) is 5. The van der Waals surface area contributed by atoms with Gasteiger partial charge in [0, 0.05) is 16.6 Å². The monoisotopic (exact) mass is 460 g/mol. The highest BCUT2D eigenvalue weighted by Crippen LogP contribution is 2.61. The Bertz CT molecular complexity index is 1210. The number of hydrogen-bond donors (Lipinski definition) is 1. The molecule has 3 fully saturated rings. The number of carbonyl (C=O) groups excluding carboxylic acids is 3. The number of halogens is 3. The molecule has 2 aromatic rings. The third-order valence-electron chi connectivity index (χ3n) is 6.95. The molecule has 1 N–H and O–H groups in total. The van der Waals surface area contributed by atoms with E-state index in [4.69, 9.17) is 23.2 Å². The standard InChI is InChI=1S/C21H15Cl2FN4O3/c22-9-7-10-17(11(23)8-9)26-20(31)21(10)16-15(12-3-2-6-27(12)21)18(29)28(19(16)30)14-5-1-4-13(24)25-14/h1,4-5,7-8,12,15-16H,2-3,6H2,(H,26,31). The number of carbonyl (C=O) groups is 3. The average molecular weight is 461 g/mol. The molecule has 3 saturated heterocycles. The average Bonchev–Trinajstić information content (AvgIpc) is 3.41. The van der Waals surface area contributed by atoms with Crippen LogP contribution in [0.4, 0.5) is 15.9 Å². The van der Waals surface area contributed by atoms with Crippen molar-refractivity contribution >= 4 is 52.4 Å². The summed E-state index contributed by atoms with van der Waals surface area (Å²) in [6, 6.07) is 6.81. The second-order valence-corrected chi connectivity index (χ2v) is 9.11. The molecule has 4 atom stereocenters. The van der Waals surface area contributed by atoms with Gasteiger partial charge in [0.15, 0.2) is 0 Å². The first kappa shape index (κ1) is 19.2. The summed E-state index contributed by atoms with van der Waals surface area (Å²) >= 11 is 12.6. The van der Waals surface area contributed by atoms with E-state index in [1.807, 2.05) is 4.90 Å². The van der Waals surface area contributed by atoms with E-state index in [1.165, 1.54) is 18.2 Å². The second-order valence-electron chi connectivity index (χ2n) is 8.27. The Morgan fingerprint density at radius 3 is 2.74 bits per heavy atom. The van der Waals surface area contributed by atoms with Gasteiger partial charge in [-0.25, -0.2) is 9.88 Å². The lowest BCUT2D eigenvalue weighted by Crippen LogP contribution is -2.54. The summed E-state index contributed by atoms with van der Waals surface area (Å²) in [4.78, 5) is 47.3. The van der Waals surface area contributed by atoms with Gasteiger partial charge in [-0.05, 0) is 43.7 Å². The first-order valence-electron chi connectivity index (χ1n) is 9.94. The highest BCUT2D eigenvalue weighted by molar-refractivity contribution is 6.38. The molecule has 7 nitrogen and oxygen atoms in total. The van der Waals surface area contributed by atoms with Crippen LogP contribution in [-0.4, -0.2) is 40.2 Å². The van der Waals surface area contributed by atoms with Crippen LogP contribution < -0.4 is 10.2 Å². The normalized spacial score (nSPS) is 31.4. The number of nitrogens with zero attached hydrogens (tertiary/aromatic N) is 3. The van der Waals surface area contributed by atoms with Crippen LogP contribution in [0.25, 0.3) is 0 Å². The number of rotatable bonds is 1. The molecule has 0 radical (unpaired) electrons. The lowest BCUT2D eigenvalue weighted by molar-refractivity contribution is -0.135. The number of imide groups is 1. The molecular formula is C21H15Cl2FN4O3. The largest absolute Gasteiger partial charge is 0.323 e. The molecule has 31 heavy (non-hydrogen) atoms. The Balaban J connectivity index is 1.58. The lowest BCUT2D eigenvalue weighted by atomic mass is 9.75. The van der Waals surface area contributed by atoms with Gasteiger partial charge in [-0.2, -0.15) is 4.39 Å². The number of benzene rings is 1. The molecule has 4 aliphatic rings. The fraction of sp³-hybridized carbons (Fsp3) is 0.333. The first-order chi connectivity index (χ1) is 14.9. The quantitative estimate of drug-likeness (QED) is 0.522. The Hall–Kier alpha value is -2.55. The van der Waals surface area contributed by atoms with Gasteiger partial charge in [0.2, 0.25) is 17.8 Å². The van der Waals surface area contributed by atoms with Gasteiger partial charge in [-0.3, -0.25) is 19.3 Å². The zero-order valence-corrected chi connectivity index (χ0v) is 17.5. The Morgan fingerprint density at radius 2 is 1.97 bits per heavy atom. The van der Waals surface area contributed by atoms with Crippen LogP contribution >= 0.6 is 23.2 Å². The van der Waals surface area contributed by atoms with E-state index in [2.05, 4.69) is 10.3 Å². The summed E-state index contributed by atoms with van der Waals surface area (Å²) in [6.45, 7) is 0.563. The van der Waals surface area contributed by atoms with Crippen molar-refractivity contribution in [3.8, 4) is 0 Å². The highest BCUT2D eigenvalue weighted by atomic mass is 35.5. The van der Waals surface area contributed by atoms with Crippen LogP contribution in [0.3, 0.4) is 0 Å². The van der Waals surface area contributed by atoms with Crippen molar-refractivity contribution < 1.29 is 18.8 Å². The van der Waals surface area contributed by atoms with Crippen molar-refractivity contribution in [3.63, 3.8) is 0 Å². The van der Waals surface area contributed by atoms with E-state index in [0.717, 1.165) is 17.4 Å². The van der Waals surface area contributed by atoms with Gasteiger partial charge in [-0.1, -0.05) is 29.3 Å². The van der Waals surface area contributed by atoms with Crippen LogP contribution in [0.1, 0.15) is 18.4 Å². The van der Waals surface area contributed by atoms with E-state index >= 15 is 0 Å². The minimum Gasteiger partial charge on any atom is -0.323 e. The van der Waals surface area contributed by atoms with Crippen molar-refractivity contribution in [1.29, 1.82) is 0 Å². The Labute approximate surface area is 186 Å². The highest BCUT2D eigenvalue weighted by Gasteiger charge is 2.75. The number of nitrogens with one attached hydrogen (secondary N) is 1. The summed E-state index contributed by atoms with van der Waals surface area (Å²) in [5, 5.41) is 3.42. The summed E-state index contributed by atoms with van der Waals surface area (Å²) in [6.07, 6.45) is 1.45. The molecule has 0 bridgehead atoms. The number of anilines is 2. The molecule has 1 spiro atoms. The molecule has 0 saturated carbocycles. The summed E-state index contributed by atoms with van der Waals surface area (Å²) in [7, 11) is 0. The maximum atomic E-state index is 13.8. The van der Waals surface area contributed by atoms with E-state index in [1.54, 1.807) is 6.07 Å². The molecule has 10 heteroatoms. The molecule has 4 aliphatic heterocycles. The SMILES string of the molecule is O=C1C2C3CCCN3C3(C(=O)Nc4c(Cl)cc(Cl)cc43)C2C(=O)N1c1cccc(F)n1. The van der Waals surface area contributed by atoms with Crippen LogP contribution in [0.5, 0.6) is 0 Å². The van der Waals surface area contributed by atoms with Crippen LogP contribution in [0.2, 0.25) is 10.0 Å². The molecule has 0 aliphatic carbocycles. The smallest absolute Gasteiger partial charge is 0.250 e. The zero-order valence-electron chi connectivity index (χ0n) is 15.9. The maximum absolute atomic E-state index is 13.8. The number of amides is 3. The third-order valence-corrected chi connectivity index (χ3v) is 7.46. The minimum absolute atomic E-state index is 0.0770. The fourth-order valence-electron chi connectivity index (χ4n) is 5.97. The van der Waals surface area contributed by atoms with Crippen molar-refractivity contribution in [2.75, 3.05) is 16.8 Å². The molecule has 5 heterocycles. The van der Waals surface area contributed by atoms with Crippen molar-refractivity contribution in [1.82, 2.24) is 9.88 Å². The van der Waals surface area contributed by atoms with Crippen LogP contribution in [0, 0.1) is 17.8 Å². The molecule has 6 rings (SSSR count). The van der Waals surface area contributed by atoms with Crippen molar-refractivity contribution in [2.45, 2.75) is 24.4 Å². The van der Waals surface area contributed by atoms with Crippen LogP contribution in [-0.2, 0) is 19.9 Å². The Kier molecular flexibility index (Phi) is 3.86. The van der Waals surface area contributed by atoms with Gasteiger partial charge >= 0.3 is 0 Å². The predicted molar refractivity (Wildman–Crippen MR) is 110 cm³/mol. The predicted octanol–water partition coefficient (Wildman–Crippen LogP) is 2.96. The molecular weight excluding hydrogens is 446 g/mol. The van der Waals surface area contributed by atoms with Gasteiger partial charge in [-0.15, -0.1) is 0 Å². The fourth-order valence-corrected chi connectivity index (χ4v) is 6.52. The van der Waals surface area contributed by atoms with E-state index < -0.39 is 41.0 Å². The maximum Gasteiger partial charge on any atom is 0.250 e. The van der Waals surface area contributed by atoms with Gasteiger partial charge in [0.1, 0.15) is 11.4 Å². The molecule has 4 unspecified atom stereocenters. The number of aromatic nitrogens is 1. The van der Waals surface area contributed by atoms with E-state index in [0.29, 0.717) is 29.2 Å². The summed E-state index contributed by atoms with van der Waals surface area (Å²) in [5.41, 5.74) is -0.487. The van der Waals surface area contributed by atoms with Gasteiger partial charge in [0.25, 0.3) is 5.91 Å². The van der Waals surface area contributed by atoms with Crippen molar-refractivity contribution in [3.05, 3.63) is 51.9 Å². The van der Waals surface area contributed by atoms with E-state index in [-0.39, 0.29) is 16.9 Å². The minimum atomic E-state index is -1.40. The molecule has 3 amide bonds. The topological polar surface area (TPSA) is 82.6 Å². The van der Waals surface area contributed by atoms with Crippen molar-refractivity contribution in [2.24, 2.45) is 11.8 Å². The van der Waals surface area contributed by atoms with Crippen LogP contribution in [0.15, 0.2) is 30.3 Å². The zero-order chi connectivity index (χ0) is 21.7. The van der Waals surface area contributed by atoms with E-state index in [9.17, 15) is 18.8 Å². The molecule has 158 valence electrons. The second kappa shape index (κ2) is 6.25. The first-order valence-corrected chi connectivity index (χ1v) is 10.7.